The summed E-state index contributed by atoms with van der Waals surface area (Å²) in [7, 11) is 1.83. The molecule has 2 aromatic rings. The first-order valence-corrected chi connectivity index (χ1v) is 9.69. The smallest absolute Gasteiger partial charge is 0.259 e. The van der Waals surface area contributed by atoms with Crippen molar-refractivity contribution >= 4 is 5.91 Å². The molecular formula is C22H29N3O2. The molecular weight excluding hydrogens is 338 g/mol. The molecule has 1 aliphatic heterocycles. The van der Waals surface area contributed by atoms with E-state index in [0.717, 1.165) is 44.6 Å². The third kappa shape index (κ3) is 4.66. The van der Waals surface area contributed by atoms with Gasteiger partial charge in [0.05, 0.1) is 0 Å². The average molecular weight is 367 g/mol. The molecule has 3 rings (SSSR count). The third-order valence-corrected chi connectivity index (χ3v) is 5.48. The Morgan fingerprint density at radius 3 is 2.70 bits per heavy atom. The number of hydrogen-bond acceptors (Lipinski definition) is 3. The molecule has 0 aliphatic carbocycles. The second kappa shape index (κ2) is 8.53. The van der Waals surface area contributed by atoms with Gasteiger partial charge in [0.15, 0.2) is 5.43 Å². The maximum atomic E-state index is 13.0. The van der Waals surface area contributed by atoms with Crippen LogP contribution in [0.4, 0.5) is 0 Å². The maximum absolute atomic E-state index is 13.0. The van der Waals surface area contributed by atoms with Crippen LogP contribution in [0.5, 0.6) is 0 Å². The van der Waals surface area contributed by atoms with Crippen molar-refractivity contribution in [3.63, 3.8) is 0 Å². The highest BCUT2D eigenvalue weighted by Crippen LogP contribution is 2.17. The van der Waals surface area contributed by atoms with Gasteiger partial charge >= 0.3 is 0 Å². The first kappa shape index (κ1) is 19.4. The van der Waals surface area contributed by atoms with Gasteiger partial charge in [-0.3, -0.25) is 9.59 Å². The van der Waals surface area contributed by atoms with Crippen LogP contribution in [0.3, 0.4) is 0 Å². The number of carbonyl (C=O) groups excluding carboxylic acids is 1. The fourth-order valence-corrected chi connectivity index (χ4v) is 3.94. The number of amides is 1. The van der Waals surface area contributed by atoms with Gasteiger partial charge in [0, 0.05) is 43.6 Å². The topological polar surface area (TPSA) is 56.4 Å². The summed E-state index contributed by atoms with van der Waals surface area (Å²) in [5, 5.41) is 0. The lowest BCUT2D eigenvalue weighted by Gasteiger charge is -2.37. The summed E-state index contributed by atoms with van der Waals surface area (Å²) in [4.78, 5) is 32.6. The Morgan fingerprint density at radius 1 is 1.26 bits per heavy atom. The van der Waals surface area contributed by atoms with Crippen LogP contribution in [-0.4, -0.2) is 53.4 Å². The number of H-pyrrole nitrogens is 1. The number of benzene rings is 1. The molecule has 0 bridgehead atoms. The molecule has 144 valence electrons. The van der Waals surface area contributed by atoms with Crippen LogP contribution < -0.4 is 5.43 Å². The lowest BCUT2D eigenvalue weighted by atomic mass is 10.0. The van der Waals surface area contributed by atoms with E-state index < -0.39 is 0 Å². The Labute approximate surface area is 161 Å². The Bertz CT molecular complexity index is 844. The molecule has 5 nitrogen and oxygen atoms in total. The summed E-state index contributed by atoms with van der Waals surface area (Å²) in [6, 6.07) is 12.1. The predicted octanol–water partition coefficient (Wildman–Crippen LogP) is 2.77. The molecule has 0 spiro atoms. The first-order valence-electron chi connectivity index (χ1n) is 9.69. The van der Waals surface area contributed by atoms with Gasteiger partial charge in [0.2, 0.25) is 0 Å². The standard InChI is InChI=1S/C22H29N3O2/c1-16-14-20(26)21(17(2)23-16)22(27)24(3)19-10-7-12-25(15-19)13-11-18-8-5-4-6-9-18/h4-6,8-9,14,19H,7,10-13,15H2,1-3H3,(H,23,26)/t19-/m1/s1. The molecule has 1 fully saturated rings. The van der Waals surface area contributed by atoms with Crippen LogP contribution in [0.1, 0.15) is 40.2 Å². The van der Waals surface area contributed by atoms with E-state index in [-0.39, 0.29) is 22.9 Å². The Hall–Kier alpha value is -2.40. The SMILES string of the molecule is Cc1cc(=O)c(C(=O)N(C)[C@@H]2CCCN(CCc3ccccc3)C2)c(C)[nH]1. The average Bonchev–Trinajstić information content (AvgIpc) is 2.66. The number of nitrogens with zero attached hydrogens (tertiary/aromatic N) is 2. The molecule has 1 aromatic carbocycles. The lowest BCUT2D eigenvalue weighted by molar-refractivity contribution is 0.0617. The normalized spacial score (nSPS) is 17.7. The summed E-state index contributed by atoms with van der Waals surface area (Å²) in [6.45, 7) is 6.54. The molecule has 0 radical (unpaired) electrons. The molecule has 2 heterocycles. The molecule has 1 saturated heterocycles. The van der Waals surface area contributed by atoms with Gasteiger partial charge in [0.25, 0.3) is 5.91 Å². The van der Waals surface area contributed by atoms with Crippen LogP contribution in [0.25, 0.3) is 0 Å². The summed E-state index contributed by atoms with van der Waals surface area (Å²) in [6.07, 6.45) is 3.06. The number of likely N-dealkylation sites (N-methyl/N-ethyl adjacent to an activating group) is 1. The van der Waals surface area contributed by atoms with Crippen molar-refractivity contribution in [2.45, 2.75) is 39.2 Å². The van der Waals surface area contributed by atoms with E-state index in [0.29, 0.717) is 5.69 Å². The minimum atomic E-state index is -0.197. The highest BCUT2D eigenvalue weighted by atomic mass is 16.2. The molecule has 1 N–H and O–H groups in total. The van der Waals surface area contributed by atoms with Crippen molar-refractivity contribution < 1.29 is 4.79 Å². The molecule has 1 amide bonds. The van der Waals surface area contributed by atoms with Crippen molar-refractivity contribution in [1.82, 2.24) is 14.8 Å². The zero-order valence-electron chi connectivity index (χ0n) is 16.5. The molecule has 0 unspecified atom stereocenters. The van der Waals surface area contributed by atoms with Gasteiger partial charge in [-0.1, -0.05) is 30.3 Å². The zero-order chi connectivity index (χ0) is 19.4. The van der Waals surface area contributed by atoms with Crippen LogP contribution in [0.2, 0.25) is 0 Å². The van der Waals surface area contributed by atoms with Crippen molar-refractivity contribution in [2.24, 2.45) is 0 Å². The van der Waals surface area contributed by atoms with Crippen molar-refractivity contribution in [3.05, 3.63) is 69.1 Å². The number of carbonyl (C=O) groups is 1. The number of piperidine rings is 1. The molecule has 1 aliphatic rings. The van der Waals surface area contributed by atoms with Gasteiger partial charge in [-0.25, -0.2) is 0 Å². The van der Waals surface area contributed by atoms with Crippen LogP contribution in [0, 0.1) is 13.8 Å². The number of aryl methyl sites for hydroxylation is 2. The Kier molecular flexibility index (Phi) is 6.11. The van der Waals surface area contributed by atoms with Gasteiger partial charge in [-0.15, -0.1) is 0 Å². The number of rotatable bonds is 5. The second-order valence-electron chi connectivity index (χ2n) is 7.56. The predicted molar refractivity (Wildman–Crippen MR) is 108 cm³/mol. The van der Waals surface area contributed by atoms with Gasteiger partial charge < -0.3 is 14.8 Å². The molecule has 1 aromatic heterocycles. The van der Waals surface area contributed by atoms with E-state index in [2.05, 4.69) is 34.1 Å². The fourth-order valence-electron chi connectivity index (χ4n) is 3.94. The zero-order valence-corrected chi connectivity index (χ0v) is 16.5. The van der Waals surface area contributed by atoms with E-state index in [9.17, 15) is 9.59 Å². The van der Waals surface area contributed by atoms with Gasteiger partial charge in [-0.05, 0) is 45.2 Å². The fraction of sp³-hybridized carbons (Fsp3) is 0.455. The number of nitrogens with one attached hydrogen (secondary N) is 1. The van der Waals surface area contributed by atoms with E-state index in [1.807, 2.05) is 20.0 Å². The number of likely N-dealkylation sites (tertiary alicyclic amines) is 1. The minimum absolute atomic E-state index is 0.141. The van der Waals surface area contributed by atoms with E-state index in [4.69, 9.17) is 0 Å². The molecule has 5 heteroatoms. The first-order chi connectivity index (χ1) is 13.0. The number of aromatic amines is 1. The molecule has 0 saturated carbocycles. The summed E-state index contributed by atoms with van der Waals surface area (Å²) in [5.41, 5.74) is 2.84. The highest BCUT2D eigenvalue weighted by molar-refractivity contribution is 5.95. The van der Waals surface area contributed by atoms with Crippen molar-refractivity contribution in [3.8, 4) is 0 Å². The summed E-state index contributed by atoms with van der Waals surface area (Å²) in [5.74, 6) is -0.177. The van der Waals surface area contributed by atoms with E-state index >= 15 is 0 Å². The van der Waals surface area contributed by atoms with Crippen LogP contribution in [0.15, 0.2) is 41.2 Å². The molecule has 27 heavy (non-hydrogen) atoms. The lowest BCUT2D eigenvalue weighted by Crippen LogP contribution is -2.49. The Balaban J connectivity index is 1.65. The highest BCUT2D eigenvalue weighted by Gasteiger charge is 2.28. The quantitative estimate of drug-likeness (QED) is 0.884. The number of aromatic nitrogens is 1. The van der Waals surface area contributed by atoms with Gasteiger partial charge in [-0.2, -0.15) is 0 Å². The number of hydrogen-bond donors (Lipinski definition) is 1. The third-order valence-electron chi connectivity index (χ3n) is 5.48. The summed E-state index contributed by atoms with van der Waals surface area (Å²) < 4.78 is 0. The van der Waals surface area contributed by atoms with Crippen molar-refractivity contribution in [1.29, 1.82) is 0 Å². The van der Waals surface area contributed by atoms with E-state index in [1.165, 1.54) is 11.6 Å². The van der Waals surface area contributed by atoms with Crippen LogP contribution >= 0.6 is 0 Å². The monoisotopic (exact) mass is 367 g/mol. The Morgan fingerprint density at radius 2 is 2.00 bits per heavy atom. The van der Waals surface area contributed by atoms with E-state index in [1.54, 1.807) is 11.8 Å². The minimum Gasteiger partial charge on any atom is -0.362 e. The van der Waals surface area contributed by atoms with Crippen molar-refractivity contribution in [2.75, 3.05) is 26.7 Å². The second-order valence-corrected chi connectivity index (χ2v) is 7.56. The number of pyridine rings is 1. The summed E-state index contributed by atoms with van der Waals surface area (Å²) >= 11 is 0. The largest absolute Gasteiger partial charge is 0.362 e. The van der Waals surface area contributed by atoms with Crippen LogP contribution in [-0.2, 0) is 6.42 Å². The maximum Gasteiger partial charge on any atom is 0.259 e. The molecule has 1 atom stereocenters. The van der Waals surface area contributed by atoms with Gasteiger partial charge in [0.1, 0.15) is 5.56 Å².